The molecule has 1 fully saturated rings. The fourth-order valence-electron chi connectivity index (χ4n) is 3.93. The van der Waals surface area contributed by atoms with Gasteiger partial charge >= 0.3 is 0 Å². The van der Waals surface area contributed by atoms with Gasteiger partial charge in [-0.25, -0.2) is 4.98 Å². The number of nitrogens with one attached hydrogen (secondary N) is 2. The molecule has 164 valence electrons. The van der Waals surface area contributed by atoms with Crippen LogP contribution in [0.3, 0.4) is 0 Å². The molecule has 1 atom stereocenters. The Kier molecular flexibility index (Phi) is 7.04. The predicted molar refractivity (Wildman–Crippen MR) is 127 cm³/mol. The maximum atomic E-state index is 5.61. The minimum Gasteiger partial charge on any atom is -0.375 e. The number of aromatic nitrogens is 2. The number of aliphatic imine (C=N–C) groups is 1. The van der Waals surface area contributed by atoms with Gasteiger partial charge in [0.15, 0.2) is 5.96 Å². The van der Waals surface area contributed by atoms with Crippen molar-refractivity contribution in [2.24, 2.45) is 4.99 Å². The fraction of sp³-hybridized carbons (Fsp3) is 0.417. The van der Waals surface area contributed by atoms with Crippen molar-refractivity contribution in [3.05, 3.63) is 60.4 Å². The summed E-state index contributed by atoms with van der Waals surface area (Å²) in [6.45, 7) is 7.17. The van der Waals surface area contributed by atoms with Crippen LogP contribution in [-0.2, 0) is 17.8 Å². The van der Waals surface area contributed by atoms with Crippen LogP contribution in [0, 0.1) is 0 Å². The SMILES string of the molecule is CN=C(NCCCn1ccc2ccccc21)NCc1ccc(N2CCOC(C)C2)nc1. The molecule has 7 nitrogen and oxygen atoms in total. The number of morpholine rings is 1. The largest absolute Gasteiger partial charge is 0.375 e. The van der Waals surface area contributed by atoms with Crippen molar-refractivity contribution in [3.63, 3.8) is 0 Å². The van der Waals surface area contributed by atoms with E-state index in [2.05, 4.69) is 85.7 Å². The molecule has 7 heteroatoms. The molecule has 1 saturated heterocycles. The number of para-hydroxylation sites is 1. The summed E-state index contributed by atoms with van der Waals surface area (Å²) in [5, 5.41) is 8.06. The molecule has 31 heavy (non-hydrogen) atoms. The number of anilines is 1. The second-order valence-electron chi connectivity index (χ2n) is 7.93. The fourth-order valence-corrected chi connectivity index (χ4v) is 3.93. The number of hydrogen-bond donors (Lipinski definition) is 2. The normalized spacial score (nSPS) is 17.2. The van der Waals surface area contributed by atoms with Crippen molar-refractivity contribution in [2.45, 2.75) is 32.5 Å². The average molecular weight is 421 g/mol. The number of aryl methyl sites for hydroxylation is 1. The molecular formula is C24H32N6O. The van der Waals surface area contributed by atoms with Gasteiger partial charge in [0.25, 0.3) is 0 Å². The van der Waals surface area contributed by atoms with Crippen LogP contribution >= 0.6 is 0 Å². The number of fused-ring (bicyclic) bond motifs is 1. The zero-order chi connectivity index (χ0) is 21.5. The Morgan fingerprint density at radius 1 is 1.19 bits per heavy atom. The Labute approximate surface area is 184 Å². The van der Waals surface area contributed by atoms with Crippen molar-refractivity contribution < 1.29 is 4.74 Å². The van der Waals surface area contributed by atoms with Crippen LogP contribution in [0.15, 0.2) is 59.9 Å². The molecular weight excluding hydrogens is 388 g/mol. The first-order valence-electron chi connectivity index (χ1n) is 11.0. The average Bonchev–Trinajstić information content (AvgIpc) is 3.22. The van der Waals surface area contributed by atoms with Gasteiger partial charge in [-0.05, 0) is 42.5 Å². The van der Waals surface area contributed by atoms with E-state index in [1.54, 1.807) is 7.05 Å². The van der Waals surface area contributed by atoms with E-state index in [1.807, 2.05) is 6.20 Å². The summed E-state index contributed by atoms with van der Waals surface area (Å²) in [5.41, 5.74) is 2.42. The number of nitrogens with zero attached hydrogens (tertiary/aromatic N) is 4. The monoisotopic (exact) mass is 420 g/mol. The number of guanidine groups is 1. The molecule has 0 radical (unpaired) electrons. The van der Waals surface area contributed by atoms with Gasteiger partial charge in [0.2, 0.25) is 0 Å². The van der Waals surface area contributed by atoms with Crippen molar-refractivity contribution >= 4 is 22.7 Å². The van der Waals surface area contributed by atoms with E-state index in [0.29, 0.717) is 6.54 Å². The van der Waals surface area contributed by atoms with Crippen molar-refractivity contribution in [1.82, 2.24) is 20.2 Å². The quantitative estimate of drug-likeness (QED) is 0.349. The van der Waals surface area contributed by atoms with Gasteiger partial charge in [-0.2, -0.15) is 0 Å². The van der Waals surface area contributed by atoms with E-state index >= 15 is 0 Å². The third kappa shape index (κ3) is 5.55. The molecule has 2 N–H and O–H groups in total. The van der Waals surface area contributed by atoms with Crippen LogP contribution in [0.25, 0.3) is 10.9 Å². The molecule has 1 aliphatic rings. The molecule has 0 aliphatic carbocycles. The maximum absolute atomic E-state index is 5.61. The van der Waals surface area contributed by atoms with Gasteiger partial charge in [-0.15, -0.1) is 0 Å². The number of pyridine rings is 1. The lowest BCUT2D eigenvalue weighted by Crippen LogP contribution is -2.41. The molecule has 2 aromatic heterocycles. The summed E-state index contributed by atoms with van der Waals surface area (Å²) in [4.78, 5) is 11.2. The number of benzene rings is 1. The van der Waals surface area contributed by atoms with E-state index < -0.39 is 0 Å². The Morgan fingerprint density at radius 2 is 2.10 bits per heavy atom. The molecule has 1 unspecified atom stereocenters. The first kappa shape index (κ1) is 21.2. The van der Waals surface area contributed by atoms with Gasteiger partial charge in [0, 0.05) is 57.7 Å². The lowest BCUT2D eigenvalue weighted by molar-refractivity contribution is 0.0529. The first-order valence-corrected chi connectivity index (χ1v) is 11.0. The molecule has 0 spiro atoms. The molecule has 1 aliphatic heterocycles. The van der Waals surface area contributed by atoms with Crippen LogP contribution < -0.4 is 15.5 Å². The smallest absolute Gasteiger partial charge is 0.191 e. The zero-order valence-electron chi connectivity index (χ0n) is 18.4. The van der Waals surface area contributed by atoms with E-state index in [1.165, 1.54) is 10.9 Å². The number of rotatable bonds is 7. The zero-order valence-corrected chi connectivity index (χ0v) is 18.4. The van der Waals surface area contributed by atoms with Gasteiger partial charge < -0.3 is 24.8 Å². The Morgan fingerprint density at radius 3 is 2.90 bits per heavy atom. The van der Waals surface area contributed by atoms with Gasteiger partial charge in [-0.1, -0.05) is 24.3 Å². The van der Waals surface area contributed by atoms with E-state index in [0.717, 1.165) is 56.5 Å². The topological polar surface area (TPSA) is 66.7 Å². The Hall–Kier alpha value is -3.06. The van der Waals surface area contributed by atoms with Gasteiger partial charge in [0.1, 0.15) is 5.82 Å². The lowest BCUT2D eigenvalue weighted by atomic mass is 10.2. The summed E-state index contributed by atoms with van der Waals surface area (Å²) >= 11 is 0. The molecule has 3 aromatic rings. The van der Waals surface area contributed by atoms with Crippen LogP contribution in [0.2, 0.25) is 0 Å². The summed E-state index contributed by atoms with van der Waals surface area (Å²) < 4.78 is 7.91. The maximum Gasteiger partial charge on any atom is 0.191 e. The standard InChI is InChI=1S/C24H32N6O/c1-19-18-30(14-15-31-19)23-9-8-20(16-27-23)17-28-24(25-2)26-11-5-12-29-13-10-21-6-3-4-7-22(21)29/h3-4,6-10,13,16,19H,5,11-12,14-15,17-18H2,1-2H3,(H2,25,26,28). The summed E-state index contributed by atoms with van der Waals surface area (Å²) in [7, 11) is 1.80. The van der Waals surface area contributed by atoms with E-state index in [-0.39, 0.29) is 6.10 Å². The lowest BCUT2D eigenvalue weighted by Gasteiger charge is -2.32. The molecule has 1 aromatic carbocycles. The van der Waals surface area contributed by atoms with Crippen LogP contribution in [-0.4, -0.2) is 54.9 Å². The van der Waals surface area contributed by atoms with Crippen molar-refractivity contribution in [2.75, 3.05) is 38.2 Å². The van der Waals surface area contributed by atoms with Gasteiger partial charge in [0.05, 0.1) is 12.7 Å². The number of ether oxygens (including phenoxy) is 1. The van der Waals surface area contributed by atoms with Crippen molar-refractivity contribution in [1.29, 1.82) is 0 Å². The van der Waals surface area contributed by atoms with E-state index in [4.69, 9.17) is 4.74 Å². The van der Waals surface area contributed by atoms with E-state index in [9.17, 15) is 0 Å². The summed E-state index contributed by atoms with van der Waals surface area (Å²) in [6, 6.07) is 14.9. The Bertz CT molecular complexity index is 997. The highest BCUT2D eigenvalue weighted by Gasteiger charge is 2.17. The van der Waals surface area contributed by atoms with Crippen LogP contribution in [0.5, 0.6) is 0 Å². The van der Waals surface area contributed by atoms with Crippen molar-refractivity contribution in [3.8, 4) is 0 Å². The summed E-state index contributed by atoms with van der Waals surface area (Å²) in [5.74, 6) is 1.82. The minimum atomic E-state index is 0.252. The predicted octanol–water partition coefficient (Wildman–Crippen LogP) is 3.02. The van der Waals surface area contributed by atoms with Crippen LogP contribution in [0.4, 0.5) is 5.82 Å². The molecule has 0 bridgehead atoms. The molecule has 4 rings (SSSR count). The van der Waals surface area contributed by atoms with Crippen LogP contribution in [0.1, 0.15) is 18.9 Å². The highest BCUT2D eigenvalue weighted by molar-refractivity contribution is 5.80. The molecule has 0 saturated carbocycles. The Balaban J connectivity index is 1.20. The third-order valence-electron chi connectivity index (χ3n) is 5.61. The molecule has 3 heterocycles. The first-order chi connectivity index (χ1) is 15.2. The highest BCUT2D eigenvalue weighted by atomic mass is 16.5. The van der Waals surface area contributed by atoms with Gasteiger partial charge in [-0.3, -0.25) is 4.99 Å². The second-order valence-corrected chi connectivity index (χ2v) is 7.93. The second kappa shape index (κ2) is 10.3. The molecule has 0 amide bonds. The number of hydrogen-bond acceptors (Lipinski definition) is 4. The minimum absolute atomic E-state index is 0.252. The highest BCUT2D eigenvalue weighted by Crippen LogP contribution is 2.16. The third-order valence-corrected chi connectivity index (χ3v) is 5.61. The summed E-state index contributed by atoms with van der Waals surface area (Å²) in [6.07, 6.45) is 5.37.